The average molecular weight is 414 g/mol. The first kappa shape index (κ1) is 22.3. The van der Waals surface area contributed by atoms with E-state index >= 15 is 0 Å². The van der Waals surface area contributed by atoms with Crippen molar-refractivity contribution in [3.05, 3.63) is 35.9 Å². The molecule has 0 unspecified atom stereocenters. The summed E-state index contributed by atoms with van der Waals surface area (Å²) in [5, 5.41) is 10.0. The molecule has 164 valence electrons. The first-order chi connectivity index (χ1) is 14.5. The van der Waals surface area contributed by atoms with E-state index in [0.29, 0.717) is 18.9 Å². The molecule has 1 aromatic rings. The molecule has 0 spiro atoms. The predicted octanol–water partition coefficient (Wildman–Crippen LogP) is 4.59. The normalized spacial score (nSPS) is 22.2. The minimum Gasteiger partial charge on any atom is -0.465 e. The van der Waals surface area contributed by atoms with Gasteiger partial charge in [0.05, 0.1) is 12.6 Å². The number of Topliss-reactive ketones (excluding diaryl/α,β-unsaturated/α-hetero) is 1. The van der Waals surface area contributed by atoms with Crippen molar-refractivity contribution < 1.29 is 14.7 Å². The number of aryl methyl sites for hydroxylation is 1. The van der Waals surface area contributed by atoms with Crippen molar-refractivity contribution in [1.29, 1.82) is 0 Å². The molecule has 30 heavy (non-hydrogen) atoms. The third-order valence-electron chi connectivity index (χ3n) is 6.04. The smallest absolute Gasteiger partial charge is 0.414 e. The number of carbonyl (C=O) groups is 2. The third kappa shape index (κ3) is 5.83. The van der Waals surface area contributed by atoms with Crippen molar-refractivity contribution in [2.75, 3.05) is 13.1 Å². The Hall–Kier alpha value is -2.37. The van der Waals surface area contributed by atoms with Crippen LogP contribution in [0.25, 0.3) is 0 Å². The van der Waals surface area contributed by atoms with Crippen LogP contribution in [0.1, 0.15) is 64.4 Å². The highest BCUT2D eigenvalue weighted by atomic mass is 16.4. The van der Waals surface area contributed by atoms with Crippen LogP contribution >= 0.6 is 0 Å². The fourth-order valence-electron chi connectivity index (χ4n) is 4.52. The zero-order valence-corrected chi connectivity index (χ0v) is 18.3. The number of hydrogen-bond acceptors (Lipinski definition) is 3. The van der Waals surface area contributed by atoms with Crippen LogP contribution in [0.15, 0.2) is 35.3 Å². The molecule has 0 radical (unpaired) electrons. The second-order valence-electron chi connectivity index (χ2n) is 9.00. The lowest BCUT2D eigenvalue weighted by Gasteiger charge is -2.42. The van der Waals surface area contributed by atoms with E-state index in [9.17, 15) is 14.7 Å². The zero-order chi connectivity index (χ0) is 21.5. The van der Waals surface area contributed by atoms with Gasteiger partial charge in [-0.2, -0.15) is 0 Å². The number of amides is 1. The van der Waals surface area contributed by atoms with E-state index < -0.39 is 12.1 Å². The van der Waals surface area contributed by atoms with E-state index in [-0.39, 0.29) is 24.3 Å². The summed E-state index contributed by atoms with van der Waals surface area (Å²) >= 11 is 0. The number of aliphatic imine (C=N–C) groups is 1. The van der Waals surface area contributed by atoms with Crippen molar-refractivity contribution in [1.82, 2.24) is 9.80 Å². The maximum Gasteiger partial charge on any atom is 0.414 e. The highest BCUT2D eigenvalue weighted by molar-refractivity contribution is 6.04. The zero-order valence-electron chi connectivity index (χ0n) is 18.3. The fourth-order valence-corrected chi connectivity index (χ4v) is 4.52. The third-order valence-corrected chi connectivity index (χ3v) is 6.04. The van der Waals surface area contributed by atoms with Gasteiger partial charge in [-0.05, 0) is 43.6 Å². The van der Waals surface area contributed by atoms with Gasteiger partial charge in [-0.3, -0.25) is 4.79 Å². The highest BCUT2D eigenvalue weighted by Gasteiger charge is 2.41. The summed E-state index contributed by atoms with van der Waals surface area (Å²) in [7, 11) is 0. The monoisotopic (exact) mass is 413 g/mol. The molecule has 1 amide bonds. The van der Waals surface area contributed by atoms with E-state index in [1.807, 2.05) is 36.9 Å². The predicted molar refractivity (Wildman–Crippen MR) is 119 cm³/mol. The summed E-state index contributed by atoms with van der Waals surface area (Å²) in [6, 6.07) is 9.77. The van der Waals surface area contributed by atoms with Gasteiger partial charge in [-0.25, -0.2) is 14.7 Å². The summed E-state index contributed by atoms with van der Waals surface area (Å²) in [6.07, 6.45) is 6.69. The quantitative estimate of drug-likeness (QED) is 0.710. The molecule has 2 aliphatic rings. The molecule has 1 aromatic carbocycles. The summed E-state index contributed by atoms with van der Waals surface area (Å²) in [4.78, 5) is 33.3. The molecule has 1 heterocycles. The van der Waals surface area contributed by atoms with E-state index in [0.717, 1.165) is 38.5 Å². The number of nitrogens with zero attached hydrogens (tertiary/aromatic N) is 3. The van der Waals surface area contributed by atoms with Crippen LogP contribution in [-0.2, 0) is 11.2 Å². The number of hydrogen-bond donors (Lipinski definition) is 1. The van der Waals surface area contributed by atoms with Gasteiger partial charge in [0, 0.05) is 6.54 Å². The topological polar surface area (TPSA) is 73.2 Å². The standard InChI is InChI=1S/C24H35N3O3/c1-18(2)16-21-22(28)17-26(15-9-12-19-10-5-3-6-11-19)23(27(21)24(29)30)25-20-13-7-4-8-14-20/h3,5-6,10-11,18,20-21H,4,7-9,12-17H2,1-2H3,(H,29,30)/t21-/m0/s1. The van der Waals surface area contributed by atoms with Crippen molar-refractivity contribution in [3.63, 3.8) is 0 Å². The van der Waals surface area contributed by atoms with Crippen LogP contribution in [0.4, 0.5) is 4.79 Å². The molecule has 2 fully saturated rings. The second-order valence-corrected chi connectivity index (χ2v) is 9.00. The Morgan fingerprint density at radius 3 is 2.50 bits per heavy atom. The number of carboxylic acid groups (broad SMARTS) is 1. The van der Waals surface area contributed by atoms with Gasteiger partial charge in [-0.15, -0.1) is 0 Å². The van der Waals surface area contributed by atoms with Crippen LogP contribution < -0.4 is 0 Å². The molecule has 1 aliphatic heterocycles. The van der Waals surface area contributed by atoms with E-state index in [1.165, 1.54) is 16.9 Å². The molecule has 6 heteroatoms. The van der Waals surface area contributed by atoms with Crippen molar-refractivity contribution in [2.24, 2.45) is 10.9 Å². The van der Waals surface area contributed by atoms with Crippen LogP contribution in [0.3, 0.4) is 0 Å². The number of ketones is 1. The molecule has 1 N–H and O–H groups in total. The Kier molecular flexibility index (Phi) is 7.88. The van der Waals surface area contributed by atoms with E-state index in [2.05, 4.69) is 12.1 Å². The largest absolute Gasteiger partial charge is 0.465 e. The second kappa shape index (κ2) is 10.6. The molecule has 1 aliphatic carbocycles. The van der Waals surface area contributed by atoms with E-state index in [1.54, 1.807) is 0 Å². The Labute approximate surface area is 180 Å². The Balaban J connectivity index is 1.81. The first-order valence-electron chi connectivity index (χ1n) is 11.4. The van der Waals surface area contributed by atoms with Gasteiger partial charge in [0.25, 0.3) is 0 Å². The lowest BCUT2D eigenvalue weighted by Crippen LogP contribution is -2.62. The lowest BCUT2D eigenvalue weighted by atomic mass is 9.95. The Morgan fingerprint density at radius 1 is 1.17 bits per heavy atom. The van der Waals surface area contributed by atoms with Crippen molar-refractivity contribution in [3.8, 4) is 0 Å². The highest BCUT2D eigenvalue weighted by Crippen LogP contribution is 2.25. The maximum atomic E-state index is 12.9. The lowest BCUT2D eigenvalue weighted by molar-refractivity contribution is -0.125. The molecule has 0 aromatic heterocycles. The molecular formula is C24H35N3O3. The van der Waals surface area contributed by atoms with Gasteiger partial charge in [-0.1, -0.05) is 63.4 Å². The number of guanidine groups is 1. The summed E-state index contributed by atoms with van der Waals surface area (Å²) in [5.74, 6) is 0.711. The summed E-state index contributed by atoms with van der Waals surface area (Å²) in [5.41, 5.74) is 1.25. The fraction of sp³-hybridized carbons (Fsp3) is 0.625. The van der Waals surface area contributed by atoms with Gasteiger partial charge < -0.3 is 10.0 Å². The summed E-state index contributed by atoms with van der Waals surface area (Å²) in [6.45, 7) is 4.93. The minimum absolute atomic E-state index is 0.0200. The van der Waals surface area contributed by atoms with Crippen molar-refractivity contribution >= 4 is 17.8 Å². The number of benzene rings is 1. The molecule has 1 atom stereocenters. The van der Waals surface area contributed by atoms with Gasteiger partial charge in [0.2, 0.25) is 5.96 Å². The number of rotatable bonds is 7. The van der Waals surface area contributed by atoms with Gasteiger partial charge in [0.1, 0.15) is 6.04 Å². The van der Waals surface area contributed by atoms with Gasteiger partial charge in [0.15, 0.2) is 5.78 Å². The molecule has 6 nitrogen and oxygen atoms in total. The minimum atomic E-state index is -1.07. The van der Waals surface area contributed by atoms with Crippen LogP contribution in [0.2, 0.25) is 0 Å². The molecule has 0 bridgehead atoms. The van der Waals surface area contributed by atoms with Crippen LogP contribution in [0, 0.1) is 5.92 Å². The van der Waals surface area contributed by atoms with Crippen LogP contribution in [-0.4, -0.2) is 57.9 Å². The molecular weight excluding hydrogens is 378 g/mol. The molecule has 3 rings (SSSR count). The summed E-state index contributed by atoms with van der Waals surface area (Å²) < 4.78 is 0. The Bertz CT molecular complexity index is 741. The average Bonchev–Trinajstić information content (AvgIpc) is 2.72. The van der Waals surface area contributed by atoms with Crippen LogP contribution in [0.5, 0.6) is 0 Å². The number of carbonyl (C=O) groups excluding carboxylic acids is 1. The molecule has 1 saturated heterocycles. The maximum absolute atomic E-state index is 12.9. The van der Waals surface area contributed by atoms with Crippen molar-refractivity contribution in [2.45, 2.75) is 77.3 Å². The molecule has 1 saturated carbocycles. The Morgan fingerprint density at radius 2 is 1.87 bits per heavy atom. The first-order valence-corrected chi connectivity index (χ1v) is 11.4. The SMILES string of the molecule is CC(C)C[C@H]1C(=O)CN(CCCc2ccccc2)C(=NC2CCCCC2)N1C(=O)O. The van der Waals surface area contributed by atoms with E-state index in [4.69, 9.17) is 4.99 Å². The van der Waals surface area contributed by atoms with Gasteiger partial charge >= 0.3 is 6.09 Å².